The number of rotatable bonds is 4. The SMILES string of the molecule is CC1CC(NCCN(C)C(=O)OC(C)(C)C)CC(C)O1. The lowest BCUT2D eigenvalue weighted by Crippen LogP contribution is -2.44. The van der Waals surface area contributed by atoms with Crippen molar-refractivity contribution in [3.05, 3.63) is 0 Å². The molecule has 5 heteroatoms. The minimum atomic E-state index is -0.440. The van der Waals surface area contributed by atoms with Gasteiger partial charge in [0.25, 0.3) is 0 Å². The van der Waals surface area contributed by atoms with E-state index in [1.165, 1.54) is 0 Å². The number of ether oxygens (including phenoxy) is 2. The van der Waals surface area contributed by atoms with Gasteiger partial charge in [0.05, 0.1) is 12.2 Å². The van der Waals surface area contributed by atoms with Gasteiger partial charge in [0.15, 0.2) is 0 Å². The van der Waals surface area contributed by atoms with Crippen LogP contribution in [0, 0.1) is 0 Å². The highest BCUT2D eigenvalue weighted by atomic mass is 16.6. The van der Waals surface area contributed by atoms with Gasteiger partial charge >= 0.3 is 6.09 Å². The number of hydrogen-bond donors (Lipinski definition) is 1. The Kier molecular flexibility index (Phi) is 6.27. The fraction of sp³-hybridized carbons (Fsp3) is 0.933. The molecule has 1 rings (SSSR count). The van der Waals surface area contributed by atoms with Crippen molar-refractivity contribution in [2.24, 2.45) is 0 Å². The number of amides is 1. The second kappa shape index (κ2) is 7.27. The average Bonchev–Trinajstić information content (AvgIpc) is 2.25. The van der Waals surface area contributed by atoms with Gasteiger partial charge in [-0.15, -0.1) is 0 Å². The third-order valence-electron chi connectivity index (χ3n) is 3.28. The van der Waals surface area contributed by atoms with Gasteiger partial charge < -0.3 is 19.7 Å². The topological polar surface area (TPSA) is 50.8 Å². The molecule has 1 aliphatic heterocycles. The predicted octanol–water partition coefficient (Wildman–Crippen LogP) is 2.40. The first-order valence-corrected chi connectivity index (χ1v) is 7.50. The highest BCUT2D eigenvalue weighted by Gasteiger charge is 2.24. The van der Waals surface area contributed by atoms with Gasteiger partial charge in [0.1, 0.15) is 5.60 Å². The van der Waals surface area contributed by atoms with Gasteiger partial charge in [-0.2, -0.15) is 0 Å². The van der Waals surface area contributed by atoms with E-state index >= 15 is 0 Å². The van der Waals surface area contributed by atoms with E-state index in [4.69, 9.17) is 9.47 Å². The standard InChI is InChI=1S/C15H30N2O3/c1-11-9-13(10-12(2)19-11)16-7-8-17(6)14(18)20-15(3,4)5/h11-13,16H,7-10H2,1-6H3. The zero-order valence-electron chi connectivity index (χ0n) is 13.7. The first-order valence-electron chi connectivity index (χ1n) is 7.50. The van der Waals surface area contributed by atoms with Gasteiger partial charge in [0.2, 0.25) is 0 Å². The van der Waals surface area contributed by atoms with Crippen LogP contribution in [-0.2, 0) is 9.47 Å². The summed E-state index contributed by atoms with van der Waals surface area (Å²) in [5.74, 6) is 0. The minimum absolute atomic E-state index is 0.270. The molecule has 0 bridgehead atoms. The lowest BCUT2D eigenvalue weighted by Gasteiger charge is -2.33. The molecule has 1 N–H and O–H groups in total. The van der Waals surface area contributed by atoms with Crippen molar-refractivity contribution in [3.63, 3.8) is 0 Å². The molecule has 0 aliphatic carbocycles. The Morgan fingerprint density at radius 3 is 2.35 bits per heavy atom. The normalized spacial score (nSPS) is 27.2. The first-order chi connectivity index (χ1) is 9.17. The van der Waals surface area contributed by atoms with E-state index in [0.717, 1.165) is 19.4 Å². The third-order valence-corrected chi connectivity index (χ3v) is 3.28. The molecule has 5 nitrogen and oxygen atoms in total. The summed E-state index contributed by atoms with van der Waals surface area (Å²) in [5, 5.41) is 3.50. The van der Waals surface area contributed by atoms with Crippen LogP contribution in [0.1, 0.15) is 47.5 Å². The van der Waals surface area contributed by atoms with E-state index in [9.17, 15) is 4.79 Å². The lowest BCUT2D eigenvalue weighted by molar-refractivity contribution is -0.0422. The maximum Gasteiger partial charge on any atom is 0.410 e. The molecule has 2 unspecified atom stereocenters. The minimum Gasteiger partial charge on any atom is -0.444 e. The summed E-state index contributed by atoms with van der Waals surface area (Å²) >= 11 is 0. The second-order valence-corrected chi connectivity index (χ2v) is 6.78. The number of likely N-dealkylation sites (N-methyl/N-ethyl adjacent to an activating group) is 1. The van der Waals surface area contributed by atoms with Crippen LogP contribution in [0.5, 0.6) is 0 Å². The molecule has 1 fully saturated rings. The smallest absolute Gasteiger partial charge is 0.410 e. The zero-order valence-corrected chi connectivity index (χ0v) is 13.7. The van der Waals surface area contributed by atoms with Crippen LogP contribution in [0.3, 0.4) is 0 Å². The summed E-state index contributed by atoms with van der Waals surface area (Å²) in [6, 6.07) is 0.473. The van der Waals surface area contributed by atoms with Gasteiger partial charge in [-0.3, -0.25) is 0 Å². The molecule has 1 saturated heterocycles. The van der Waals surface area contributed by atoms with Crippen molar-refractivity contribution in [2.75, 3.05) is 20.1 Å². The molecular formula is C15H30N2O3. The maximum atomic E-state index is 11.8. The van der Waals surface area contributed by atoms with Gasteiger partial charge in [-0.1, -0.05) is 0 Å². The van der Waals surface area contributed by atoms with Crippen molar-refractivity contribution in [3.8, 4) is 0 Å². The van der Waals surface area contributed by atoms with Gasteiger partial charge in [-0.25, -0.2) is 4.79 Å². The number of hydrogen-bond acceptors (Lipinski definition) is 4. The largest absolute Gasteiger partial charge is 0.444 e. The van der Waals surface area contributed by atoms with Crippen LogP contribution in [-0.4, -0.2) is 55.0 Å². The number of carbonyl (C=O) groups excluding carboxylic acids is 1. The Bertz CT molecular complexity index is 305. The fourth-order valence-corrected chi connectivity index (χ4v) is 2.44. The molecule has 1 aliphatic rings. The summed E-state index contributed by atoms with van der Waals surface area (Å²) in [7, 11) is 1.77. The van der Waals surface area contributed by atoms with Crippen molar-refractivity contribution >= 4 is 6.09 Å². The zero-order chi connectivity index (χ0) is 15.3. The number of nitrogens with zero attached hydrogens (tertiary/aromatic N) is 1. The molecule has 1 amide bonds. The predicted molar refractivity (Wildman–Crippen MR) is 79.9 cm³/mol. The highest BCUT2D eigenvalue weighted by molar-refractivity contribution is 5.67. The van der Waals surface area contributed by atoms with Crippen molar-refractivity contribution in [1.82, 2.24) is 10.2 Å². The molecule has 118 valence electrons. The summed E-state index contributed by atoms with van der Waals surface area (Å²) < 4.78 is 11.0. The van der Waals surface area contributed by atoms with Crippen LogP contribution in [0.4, 0.5) is 4.79 Å². The number of carbonyl (C=O) groups is 1. The summed E-state index contributed by atoms with van der Waals surface area (Å²) in [6.07, 6.45) is 2.40. The Hall–Kier alpha value is -0.810. The third kappa shape index (κ3) is 6.57. The van der Waals surface area contributed by atoms with Crippen LogP contribution in [0.25, 0.3) is 0 Å². The van der Waals surface area contributed by atoms with Crippen molar-refractivity contribution in [1.29, 1.82) is 0 Å². The Morgan fingerprint density at radius 1 is 1.30 bits per heavy atom. The van der Waals surface area contributed by atoms with Crippen molar-refractivity contribution in [2.45, 2.75) is 71.3 Å². The quantitative estimate of drug-likeness (QED) is 0.862. The van der Waals surface area contributed by atoms with E-state index in [-0.39, 0.29) is 6.09 Å². The second-order valence-electron chi connectivity index (χ2n) is 6.78. The number of nitrogens with one attached hydrogen (secondary N) is 1. The molecule has 20 heavy (non-hydrogen) atoms. The molecule has 0 radical (unpaired) electrons. The molecule has 0 aromatic rings. The highest BCUT2D eigenvalue weighted by Crippen LogP contribution is 2.18. The maximum absolute atomic E-state index is 11.8. The molecule has 0 spiro atoms. The van der Waals surface area contributed by atoms with Crippen LogP contribution >= 0.6 is 0 Å². The van der Waals surface area contributed by atoms with Gasteiger partial charge in [-0.05, 0) is 47.5 Å². The molecule has 1 heterocycles. The van der Waals surface area contributed by atoms with Crippen LogP contribution in [0.15, 0.2) is 0 Å². The monoisotopic (exact) mass is 286 g/mol. The van der Waals surface area contributed by atoms with Gasteiger partial charge in [0, 0.05) is 26.2 Å². The molecular weight excluding hydrogens is 256 g/mol. The average molecular weight is 286 g/mol. The summed E-state index contributed by atoms with van der Waals surface area (Å²) in [4.78, 5) is 13.4. The van der Waals surface area contributed by atoms with E-state index in [2.05, 4.69) is 19.2 Å². The molecule has 0 saturated carbocycles. The molecule has 2 atom stereocenters. The van der Waals surface area contributed by atoms with E-state index in [1.807, 2.05) is 20.8 Å². The Labute approximate surface area is 123 Å². The van der Waals surface area contributed by atoms with E-state index in [1.54, 1.807) is 11.9 Å². The summed E-state index contributed by atoms with van der Waals surface area (Å²) in [6.45, 7) is 11.3. The molecule has 0 aromatic heterocycles. The Balaban J connectivity index is 2.24. The van der Waals surface area contributed by atoms with Crippen molar-refractivity contribution < 1.29 is 14.3 Å². The summed E-state index contributed by atoms with van der Waals surface area (Å²) in [5.41, 5.74) is -0.440. The Morgan fingerprint density at radius 2 is 1.85 bits per heavy atom. The van der Waals surface area contributed by atoms with Crippen LogP contribution < -0.4 is 5.32 Å². The van der Waals surface area contributed by atoms with E-state index < -0.39 is 5.60 Å². The molecule has 0 aromatic carbocycles. The first kappa shape index (κ1) is 17.2. The van der Waals surface area contributed by atoms with E-state index in [0.29, 0.717) is 24.8 Å². The fourth-order valence-electron chi connectivity index (χ4n) is 2.44. The lowest BCUT2D eigenvalue weighted by atomic mass is 10.00. The van der Waals surface area contributed by atoms with Crippen LogP contribution in [0.2, 0.25) is 0 Å².